The molecule has 92 valence electrons. The highest BCUT2D eigenvalue weighted by Gasteiger charge is 2.49. The van der Waals surface area contributed by atoms with Crippen molar-refractivity contribution >= 4 is 0 Å². The van der Waals surface area contributed by atoms with Crippen LogP contribution in [0.4, 0.5) is 0 Å². The van der Waals surface area contributed by atoms with Gasteiger partial charge in [0.15, 0.2) is 0 Å². The second-order valence-corrected chi connectivity index (χ2v) is 5.46. The number of nitrogens with two attached hydrogens (primary N) is 1. The van der Waals surface area contributed by atoms with E-state index in [9.17, 15) is 0 Å². The first-order valence-electron chi connectivity index (χ1n) is 6.34. The number of benzene rings is 1. The summed E-state index contributed by atoms with van der Waals surface area (Å²) in [4.78, 5) is 2.41. The molecule has 0 aromatic heterocycles. The first-order chi connectivity index (χ1) is 8.21. The van der Waals surface area contributed by atoms with Gasteiger partial charge in [0.05, 0.1) is 7.11 Å². The third kappa shape index (κ3) is 2.05. The zero-order valence-electron chi connectivity index (χ0n) is 10.4. The van der Waals surface area contributed by atoms with E-state index in [1.165, 1.54) is 18.4 Å². The van der Waals surface area contributed by atoms with Crippen molar-refractivity contribution < 1.29 is 4.74 Å². The van der Waals surface area contributed by atoms with Crippen molar-refractivity contribution in [2.75, 3.05) is 20.2 Å². The van der Waals surface area contributed by atoms with E-state index in [0.717, 1.165) is 31.3 Å². The standard InChI is InChI=1S/C14H20N2O/c1-17-13-5-3-2-4-11(13)8-16-9-14(15,10-16)12-6-7-12/h2-5,12H,6-10,15H2,1H3. The van der Waals surface area contributed by atoms with Gasteiger partial charge >= 0.3 is 0 Å². The highest BCUT2D eigenvalue weighted by atomic mass is 16.5. The summed E-state index contributed by atoms with van der Waals surface area (Å²) in [5.41, 5.74) is 7.72. The van der Waals surface area contributed by atoms with Gasteiger partial charge in [0.1, 0.15) is 5.75 Å². The fraction of sp³-hybridized carbons (Fsp3) is 0.571. The van der Waals surface area contributed by atoms with Crippen molar-refractivity contribution in [2.24, 2.45) is 11.7 Å². The molecule has 1 aromatic carbocycles. The van der Waals surface area contributed by atoms with Gasteiger partial charge in [0, 0.05) is 30.7 Å². The van der Waals surface area contributed by atoms with E-state index in [2.05, 4.69) is 17.0 Å². The zero-order chi connectivity index (χ0) is 11.9. The van der Waals surface area contributed by atoms with Crippen molar-refractivity contribution in [3.63, 3.8) is 0 Å². The number of nitrogens with zero attached hydrogens (tertiary/aromatic N) is 1. The predicted octanol–water partition coefficient (Wildman–Crippen LogP) is 1.62. The number of para-hydroxylation sites is 1. The Kier molecular flexibility index (Phi) is 2.60. The molecule has 0 amide bonds. The molecule has 2 N–H and O–H groups in total. The maximum atomic E-state index is 6.35. The first-order valence-corrected chi connectivity index (χ1v) is 6.34. The van der Waals surface area contributed by atoms with Gasteiger partial charge in [-0.15, -0.1) is 0 Å². The molecule has 17 heavy (non-hydrogen) atoms. The van der Waals surface area contributed by atoms with Gasteiger partial charge in [0.2, 0.25) is 0 Å². The molecular formula is C14H20N2O. The average molecular weight is 232 g/mol. The largest absolute Gasteiger partial charge is 0.496 e. The summed E-state index contributed by atoms with van der Waals surface area (Å²) in [6.45, 7) is 3.03. The molecule has 1 saturated carbocycles. The quantitative estimate of drug-likeness (QED) is 0.857. The fourth-order valence-corrected chi connectivity index (χ4v) is 2.89. The second kappa shape index (κ2) is 4.00. The lowest BCUT2D eigenvalue weighted by Gasteiger charge is -2.48. The summed E-state index contributed by atoms with van der Waals surface area (Å²) in [6, 6.07) is 8.22. The van der Waals surface area contributed by atoms with Crippen molar-refractivity contribution in [1.82, 2.24) is 4.90 Å². The summed E-state index contributed by atoms with van der Waals surface area (Å²) >= 11 is 0. The molecule has 1 aliphatic carbocycles. The number of hydrogen-bond acceptors (Lipinski definition) is 3. The number of methoxy groups -OCH3 is 1. The highest BCUT2D eigenvalue weighted by Crippen LogP contribution is 2.43. The summed E-state index contributed by atoms with van der Waals surface area (Å²) in [5, 5.41) is 0. The molecule has 0 radical (unpaired) electrons. The number of rotatable bonds is 4. The molecule has 0 atom stereocenters. The first kappa shape index (κ1) is 11.1. The molecule has 1 aromatic rings. The molecule has 2 fully saturated rings. The topological polar surface area (TPSA) is 38.5 Å². The molecule has 0 spiro atoms. The Balaban J connectivity index is 1.61. The molecular weight excluding hydrogens is 212 g/mol. The van der Waals surface area contributed by atoms with E-state index < -0.39 is 0 Å². The maximum absolute atomic E-state index is 6.35. The monoisotopic (exact) mass is 232 g/mol. The lowest BCUT2D eigenvalue weighted by atomic mass is 9.85. The fourth-order valence-electron chi connectivity index (χ4n) is 2.89. The van der Waals surface area contributed by atoms with Gasteiger partial charge in [-0.3, -0.25) is 4.90 Å². The molecule has 1 heterocycles. The summed E-state index contributed by atoms with van der Waals surface area (Å²) in [7, 11) is 1.73. The van der Waals surface area contributed by atoms with E-state index >= 15 is 0 Å². The molecule has 0 bridgehead atoms. The number of likely N-dealkylation sites (tertiary alicyclic amines) is 1. The van der Waals surface area contributed by atoms with Crippen LogP contribution in [0.25, 0.3) is 0 Å². The van der Waals surface area contributed by atoms with Gasteiger partial charge < -0.3 is 10.5 Å². The smallest absolute Gasteiger partial charge is 0.123 e. The van der Waals surface area contributed by atoms with Crippen LogP contribution in [0.1, 0.15) is 18.4 Å². The van der Waals surface area contributed by atoms with Gasteiger partial charge in [0.25, 0.3) is 0 Å². The molecule has 3 nitrogen and oxygen atoms in total. The third-order valence-electron chi connectivity index (χ3n) is 4.01. The lowest BCUT2D eigenvalue weighted by molar-refractivity contribution is 0.0472. The predicted molar refractivity (Wildman–Crippen MR) is 67.9 cm³/mol. The van der Waals surface area contributed by atoms with Gasteiger partial charge in [-0.1, -0.05) is 18.2 Å². The van der Waals surface area contributed by atoms with E-state index in [-0.39, 0.29) is 5.54 Å². The summed E-state index contributed by atoms with van der Waals surface area (Å²) in [6.07, 6.45) is 2.66. The van der Waals surface area contributed by atoms with Crippen molar-refractivity contribution in [2.45, 2.75) is 24.9 Å². The van der Waals surface area contributed by atoms with Crippen LogP contribution in [-0.4, -0.2) is 30.6 Å². The Labute approximate surface area is 103 Å². The minimum Gasteiger partial charge on any atom is -0.496 e. The van der Waals surface area contributed by atoms with Gasteiger partial charge in [-0.2, -0.15) is 0 Å². The van der Waals surface area contributed by atoms with Crippen LogP contribution in [0.2, 0.25) is 0 Å². The minimum absolute atomic E-state index is 0.113. The van der Waals surface area contributed by atoms with Crippen LogP contribution in [0.3, 0.4) is 0 Å². The van der Waals surface area contributed by atoms with Crippen molar-refractivity contribution in [3.8, 4) is 5.75 Å². The molecule has 1 saturated heterocycles. The van der Waals surface area contributed by atoms with Gasteiger partial charge in [-0.25, -0.2) is 0 Å². The summed E-state index contributed by atoms with van der Waals surface area (Å²) in [5.74, 6) is 1.77. The Morgan fingerprint density at radius 3 is 2.71 bits per heavy atom. The van der Waals surface area contributed by atoms with Crippen LogP contribution in [0.5, 0.6) is 5.75 Å². The molecule has 1 aliphatic heterocycles. The van der Waals surface area contributed by atoms with Crippen LogP contribution < -0.4 is 10.5 Å². The average Bonchev–Trinajstić information content (AvgIpc) is 3.11. The molecule has 0 unspecified atom stereocenters. The second-order valence-electron chi connectivity index (χ2n) is 5.46. The lowest BCUT2D eigenvalue weighted by Crippen LogP contribution is -2.68. The normalized spacial score (nSPS) is 23.2. The maximum Gasteiger partial charge on any atom is 0.123 e. The van der Waals surface area contributed by atoms with E-state index in [1.807, 2.05) is 12.1 Å². The number of hydrogen-bond donors (Lipinski definition) is 1. The SMILES string of the molecule is COc1ccccc1CN1CC(N)(C2CC2)C1. The molecule has 3 heteroatoms. The summed E-state index contributed by atoms with van der Waals surface area (Å²) < 4.78 is 5.37. The van der Waals surface area contributed by atoms with Gasteiger partial charge in [-0.05, 0) is 24.8 Å². The molecule has 3 rings (SSSR count). The van der Waals surface area contributed by atoms with Crippen LogP contribution in [0.15, 0.2) is 24.3 Å². The van der Waals surface area contributed by atoms with Crippen LogP contribution in [-0.2, 0) is 6.54 Å². The Morgan fingerprint density at radius 2 is 2.06 bits per heavy atom. The number of ether oxygens (including phenoxy) is 1. The minimum atomic E-state index is 0.113. The van der Waals surface area contributed by atoms with Crippen molar-refractivity contribution in [3.05, 3.63) is 29.8 Å². The van der Waals surface area contributed by atoms with E-state index in [0.29, 0.717) is 0 Å². The zero-order valence-corrected chi connectivity index (χ0v) is 10.4. The van der Waals surface area contributed by atoms with E-state index in [4.69, 9.17) is 10.5 Å². The molecule has 2 aliphatic rings. The van der Waals surface area contributed by atoms with Crippen LogP contribution in [0, 0.1) is 5.92 Å². The Morgan fingerprint density at radius 1 is 1.35 bits per heavy atom. The highest BCUT2D eigenvalue weighted by molar-refractivity contribution is 5.33. The third-order valence-corrected chi connectivity index (χ3v) is 4.01. The Bertz CT molecular complexity index is 408. The van der Waals surface area contributed by atoms with Crippen molar-refractivity contribution in [1.29, 1.82) is 0 Å². The Hall–Kier alpha value is -1.06. The van der Waals surface area contributed by atoms with Crippen LogP contribution >= 0.6 is 0 Å². The van der Waals surface area contributed by atoms with E-state index in [1.54, 1.807) is 7.11 Å².